The zero-order valence-corrected chi connectivity index (χ0v) is 13.8. The fourth-order valence-corrected chi connectivity index (χ4v) is 3.29. The highest BCUT2D eigenvalue weighted by Gasteiger charge is 2.44. The Morgan fingerprint density at radius 1 is 1.12 bits per heavy atom. The van der Waals surface area contributed by atoms with E-state index >= 15 is 0 Å². The first-order valence-electron chi connectivity index (χ1n) is 7.76. The molecule has 0 spiro atoms. The van der Waals surface area contributed by atoms with Gasteiger partial charge in [0, 0.05) is 11.4 Å². The Hall–Kier alpha value is -2.42. The average molecular weight is 362 g/mol. The molecule has 0 radical (unpaired) electrons. The summed E-state index contributed by atoms with van der Waals surface area (Å²) in [6.07, 6.45) is 0.636. The summed E-state index contributed by atoms with van der Waals surface area (Å²) in [5.74, 6) is 0.842. The van der Waals surface area contributed by atoms with Crippen LogP contribution in [0, 0.1) is 0 Å². The van der Waals surface area contributed by atoms with Crippen molar-refractivity contribution in [1.82, 2.24) is 19.5 Å². The van der Waals surface area contributed by atoms with E-state index in [-0.39, 0.29) is 5.82 Å². The Morgan fingerprint density at radius 2 is 1.88 bits per heavy atom. The van der Waals surface area contributed by atoms with Crippen LogP contribution >= 0.6 is 11.6 Å². The van der Waals surface area contributed by atoms with E-state index in [1.807, 2.05) is 0 Å². The molecule has 4 atom stereocenters. The van der Waals surface area contributed by atoms with Gasteiger partial charge in [-0.25, -0.2) is 15.0 Å². The molecule has 1 aliphatic carbocycles. The van der Waals surface area contributed by atoms with Crippen molar-refractivity contribution in [2.45, 2.75) is 30.8 Å². The number of ether oxygens (including phenoxy) is 1. The van der Waals surface area contributed by atoms with Crippen molar-refractivity contribution >= 4 is 28.6 Å². The van der Waals surface area contributed by atoms with Crippen LogP contribution in [-0.4, -0.2) is 48.0 Å². The molecule has 0 amide bonds. The van der Waals surface area contributed by atoms with Gasteiger partial charge < -0.3 is 25.3 Å². The highest BCUT2D eigenvalue weighted by molar-refractivity contribution is 6.30. The molecule has 2 heterocycles. The lowest BCUT2D eigenvalue weighted by molar-refractivity contribution is -0.0164. The molecule has 2 aromatic heterocycles. The molecule has 1 saturated carbocycles. The van der Waals surface area contributed by atoms with Crippen molar-refractivity contribution in [1.29, 1.82) is 0 Å². The molecule has 0 saturated heterocycles. The number of aliphatic hydroxyl groups excluding tert-OH is 2. The van der Waals surface area contributed by atoms with Crippen LogP contribution in [0.5, 0.6) is 5.75 Å². The van der Waals surface area contributed by atoms with Crippen LogP contribution in [0.3, 0.4) is 0 Å². The van der Waals surface area contributed by atoms with Crippen molar-refractivity contribution in [2.24, 2.45) is 0 Å². The minimum absolute atomic E-state index is 0.269. The summed E-state index contributed by atoms with van der Waals surface area (Å²) in [6, 6.07) is 6.40. The minimum atomic E-state index is -1.04. The number of rotatable bonds is 3. The first-order chi connectivity index (χ1) is 12.0. The fourth-order valence-electron chi connectivity index (χ4n) is 3.16. The van der Waals surface area contributed by atoms with Crippen LogP contribution in [0.4, 0.5) is 5.82 Å². The number of hydrogen-bond acceptors (Lipinski definition) is 7. The smallest absolute Gasteiger partial charge is 0.165 e. The summed E-state index contributed by atoms with van der Waals surface area (Å²) < 4.78 is 7.52. The van der Waals surface area contributed by atoms with Gasteiger partial charge in [0.1, 0.15) is 35.9 Å². The monoisotopic (exact) mass is 361 g/mol. The number of aromatic nitrogens is 4. The molecule has 4 rings (SSSR count). The Bertz CT molecular complexity index is 900. The largest absolute Gasteiger partial charge is 0.488 e. The Balaban J connectivity index is 1.61. The summed E-state index contributed by atoms with van der Waals surface area (Å²) >= 11 is 5.86. The van der Waals surface area contributed by atoms with Crippen LogP contribution < -0.4 is 10.5 Å². The summed E-state index contributed by atoms with van der Waals surface area (Å²) in [5.41, 5.74) is 6.77. The lowest BCUT2D eigenvalue weighted by atomic mass is 10.2. The Morgan fingerprint density at radius 3 is 2.64 bits per heavy atom. The first-order valence-corrected chi connectivity index (χ1v) is 8.14. The van der Waals surface area contributed by atoms with Gasteiger partial charge in [0.25, 0.3) is 0 Å². The van der Waals surface area contributed by atoms with Gasteiger partial charge in [0.2, 0.25) is 0 Å². The van der Waals surface area contributed by atoms with Crippen LogP contribution in [-0.2, 0) is 0 Å². The van der Waals surface area contributed by atoms with Gasteiger partial charge in [0.15, 0.2) is 11.5 Å². The summed E-state index contributed by atoms with van der Waals surface area (Å²) in [5, 5.41) is 21.4. The second-order valence-corrected chi connectivity index (χ2v) is 6.41. The van der Waals surface area contributed by atoms with E-state index in [4.69, 9.17) is 22.1 Å². The van der Waals surface area contributed by atoms with E-state index in [0.29, 0.717) is 28.4 Å². The number of benzene rings is 1. The van der Waals surface area contributed by atoms with E-state index in [2.05, 4.69) is 15.0 Å². The summed E-state index contributed by atoms with van der Waals surface area (Å²) in [4.78, 5) is 12.3. The number of hydrogen-bond donors (Lipinski definition) is 3. The summed E-state index contributed by atoms with van der Waals surface area (Å²) in [7, 11) is 0. The van der Waals surface area contributed by atoms with Crippen molar-refractivity contribution < 1.29 is 14.9 Å². The van der Waals surface area contributed by atoms with Crippen LogP contribution in [0.15, 0.2) is 36.9 Å². The molecule has 0 unspecified atom stereocenters. The van der Waals surface area contributed by atoms with E-state index < -0.39 is 24.4 Å². The van der Waals surface area contributed by atoms with E-state index in [0.717, 1.165) is 0 Å². The third kappa shape index (κ3) is 2.78. The zero-order chi connectivity index (χ0) is 17.6. The second kappa shape index (κ2) is 6.14. The molecule has 8 nitrogen and oxygen atoms in total. The molecule has 130 valence electrons. The van der Waals surface area contributed by atoms with Gasteiger partial charge in [-0.3, -0.25) is 0 Å². The normalized spacial score (nSPS) is 26.2. The lowest BCUT2D eigenvalue weighted by Gasteiger charge is -2.18. The van der Waals surface area contributed by atoms with Crippen molar-refractivity contribution in [3.63, 3.8) is 0 Å². The van der Waals surface area contributed by atoms with Crippen LogP contribution in [0.1, 0.15) is 12.5 Å². The predicted octanol–water partition coefficient (Wildman–Crippen LogP) is 1.18. The quantitative estimate of drug-likeness (QED) is 0.640. The third-order valence-corrected chi connectivity index (χ3v) is 4.70. The van der Waals surface area contributed by atoms with E-state index in [1.165, 1.54) is 6.33 Å². The fraction of sp³-hybridized carbons (Fsp3) is 0.312. The minimum Gasteiger partial charge on any atom is -0.488 e. The predicted molar refractivity (Wildman–Crippen MR) is 91.3 cm³/mol. The van der Waals surface area contributed by atoms with Crippen LogP contribution in [0.25, 0.3) is 11.2 Å². The number of nitrogens with zero attached hydrogens (tertiary/aromatic N) is 4. The number of nitrogens with two attached hydrogens (primary N) is 1. The van der Waals surface area contributed by atoms with Gasteiger partial charge in [-0.2, -0.15) is 0 Å². The second-order valence-electron chi connectivity index (χ2n) is 5.98. The van der Waals surface area contributed by atoms with Crippen LogP contribution in [0.2, 0.25) is 5.02 Å². The lowest BCUT2D eigenvalue weighted by Crippen LogP contribution is -2.34. The van der Waals surface area contributed by atoms with Gasteiger partial charge in [-0.05, 0) is 24.3 Å². The van der Waals surface area contributed by atoms with E-state index in [1.54, 1.807) is 35.2 Å². The molecule has 25 heavy (non-hydrogen) atoms. The molecule has 4 N–H and O–H groups in total. The number of aliphatic hydroxyl groups is 2. The highest BCUT2D eigenvalue weighted by atomic mass is 35.5. The van der Waals surface area contributed by atoms with Crippen molar-refractivity contribution in [3.8, 4) is 5.75 Å². The van der Waals surface area contributed by atoms with Gasteiger partial charge in [-0.15, -0.1) is 0 Å². The van der Waals surface area contributed by atoms with Gasteiger partial charge >= 0.3 is 0 Å². The molecular weight excluding hydrogens is 346 g/mol. The number of anilines is 1. The maximum absolute atomic E-state index is 10.5. The zero-order valence-electron chi connectivity index (χ0n) is 13.0. The topological polar surface area (TPSA) is 119 Å². The summed E-state index contributed by atoms with van der Waals surface area (Å²) in [6.45, 7) is 0. The van der Waals surface area contributed by atoms with Crippen molar-refractivity contribution in [3.05, 3.63) is 41.9 Å². The standard InChI is InChI=1S/C16H16ClN5O3/c17-8-1-3-9(4-2-8)25-11-5-10(13(23)14(11)24)22-7-21-12-15(18)19-6-20-16(12)22/h1-4,6-7,10-11,13-14,23-24H,5H2,(H2,18,19,20)/t10-,11+,13+,14-/m1/s1. The van der Waals surface area contributed by atoms with Crippen molar-refractivity contribution in [2.75, 3.05) is 5.73 Å². The molecule has 1 aromatic carbocycles. The Labute approximate surface area is 147 Å². The molecular formula is C16H16ClN5O3. The maximum Gasteiger partial charge on any atom is 0.165 e. The molecule has 1 aliphatic rings. The number of halogens is 1. The van der Waals surface area contributed by atoms with Gasteiger partial charge in [-0.1, -0.05) is 11.6 Å². The number of nitrogen functional groups attached to an aromatic ring is 1. The maximum atomic E-state index is 10.5. The first kappa shape index (κ1) is 16.1. The molecule has 0 bridgehead atoms. The molecule has 3 aromatic rings. The highest BCUT2D eigenvalue weighted by Crippen LogP contribution is 2.35. The third-order valence-electron chi connectivity index (χ3n) is 4.44. The molecule has 9 heteroatoms. The average Bonchev–Trinajstić information content (AvgIpc) is 3.14. The number of imidazole rings is 1. The SMILES string of the molecule is Nc1ncnc2c1ncn2[C@@H]1C[C@H](Oc2ccc(Cl)cc2)[C@@H](O)[C@H]1O. The molecule has 1 fully saturated rings. The van der Waals surface area contributed by atoms with E-state index in [9.17, 15) is 10.2 Å². The molecule has 0 aliphatic heterocycles. The number of fused-ring (bicyclic) bond motifs is 1. The Kier molecular flexibility index (Phi) is 3.95. The van der Waals surface area contributed by atoms with Gasteiger partial charge in [0.05, 0.1) is 12.4 Å².